The fourth-order valence-electron chi connectivity index (χ4n) is 3.63. The second kappa shape index (κ2) is 6.17. The van der Waals surface area contributed by atoms with E-state index in [2.05, 4.69) is 10.3 Å². The SMILES string of the molecule is O[C@H]1CC[C@H](Nc2ccc3ncc(-c4ccc5c(c4)OCO5)n3n2)CC1. The van der Waals surface area contributed by atoms with Gasteiger partial charge in [-0.05, 0) is 56.0 Å². The third kappa shape index (κ3) is 2.74. The molecule has 1 aliphatic heterocycles. The fourth-order valence-corrected chi connectivity index (χ4v) is 3.63. The zero-order valence-corrected chi connectivity index (χ0v) is 14.3. The highest BCUT2D eigenvalue weighted by atomic mass is 16.7. The molecule has 0 unspecified atom stereocenters. The van der Waals surface area contributed by atoms with Gasteiger partial charge in [0.1, 0.15) is 5.82 Å². The maximum Gasteiger partial charge on any atom is 0.231 e. The molecule has 2 aromatic heterocycles. The van der Waals surface area contributed by atoms with E-state index in [4.69, 9.17) is 14.6 Å². The second-order valence-electron chi connectivity index (χ2n) is 6.85. The number of benzene rings is 1. The molecule has 1 saturated carbocycles. The smallest absolute Gasteiger partial charge is 0.231 e. The Morgan fingerprint density at radius 2 is 1.88 bits per heavy atom. The lowest BCUT2D eigenvalue weighted by Crippen LogP contribution is -2.28. The first kappa shape index (κ1) is 15.5. The minimum absolute atomic E-state index is 0.158. The molecule has 3 heterocycles. The summed E-state index contributed by atoms with van der Waals surface area (Å²) < 4.78 is 12.7. The Balaban J connectivity index is 1.45. The Kier molecular flexibility index (Phi) is 3.67. The van der Waals surface area contributed by atoms with Crippen LogP contribution in [0.15, 0.2) is 36.5 Å². The summed E-state index contributed by atoms with van der Waals surface area (Å²) in [5.74, 6) is 2.32. The molecule has 1 aromatic carbocycles. The molecule has 2 aliphatic rings. The van der Waals surface area contributed by atoms with Crippen molar-refractivity contribution in [1.29, 1.82) is 0 Å². The van der Waals surface area contributed by atoms with E-state index in [0.717, 1.165) is 59.9 Å². The van der Waals surface area contributed by atoms with Crippen LogP contribution >= 0.6 is 0 Å². The summed E-state index contributed by atoms with van der Waals surface area (Å²) in [7, 11) is 0. The molecule has 0 spiro atoms. The Hall–Kier alpha value is -2.80. The largest absolute Gasteiger partial charge is 0.454 e. The summed E-state index contributed by atoms with van der Waals surface area (Å²) in [5.41, 5.74) is 2.68. The van der Waals surface area contributed by atoms with Gasteiger partial charge in [-0.25, -0.2) is 9.50 Å². The minimum atomic E-state index is -0.158. The lowest BCUT2D eigenvalue weighted by atomic mass is 9.93. The number of ether oxygens (including phenoxy) is 2. The van der Waals surface area contributed by atoms with Crippen LogP contribution < -0.4 is 14.8 Å². The average Bonchev–Trinajstić information content (AvgIpc) is 3.29. The van der Waals surface area contributed by atoms with Gasteiger partial charge in [0, 0.05) is 11.6 Å². The predicted octanol–water partition coefficient (Wildman–Crippen LogP) is 2.84. The predicted molar refractivity (Wildman–Crippen MR) is 96.4 cm³/mol. The zero-order chi connectivity index (χ0) is 17.5. The quantitative estimate of drug-likeness (QED) is 0.754. The van der Waals surface area contributed by atoms with Crippen LogP contribution in [0.25, 0.3) is 16.9 Å². The monoisotopic (exact) mass is 352 g/mol. The van der Waals surface area contributed by atoms with Crippen molar-refractivity contribution >= 4 is 11.5 Å². The molecule has 0 atom stereocenters. The van der Waals surface area contributed by atoms with E-state index in [1.807, 2.05) is 41.0 Å². The summed E-state index contributed by atoms with van der Waals surface area (Å²) >= 11 is 0. The van der Waals surface area contributed by atoms with Gasteiger partial charge >= 0.3 is 0 Å². The van der Waals surface area contributed by atoms with Crippen LogP contribution in [0.2, 0.25) is 0 Å². The van der Waals surface area contributed by atoms with E-state index in [1.165, 1.54) is 0 Å². The lowest BCUT2D eigenvalue weighted by Gasteiger charge is -2.26. The van der Waals surface area contributed by atoms with Crippen molar-refractivity contribution in [3.05, 3.63) is 36.5 Å². The van der Waals surface area contributed by atoms with Crippen LogP contribution in [0.4, 0.5) is 5.82 Å². The van der Waals surface area contributed by atoms with Crippen LogP contribution in [0.1, 0.15) is 25.7 Å². The van der Waals surface area contributed by atoms with Gasteiger partial charge in [-0.2, -0.15) is 0 Å². The molecule has 0 amide bonds. The molecule has 0 bridgehead atoms. The molecule has 26 heavy (non-hydrogen) atoms. The van der Waals surface area contributed by atoms with Crippen molar-refractivity contribution in [3.63, 3.8) is 0 Å². The number of aliphatic hydroxyl groups is 1. The van der Waals surface area contributed by atoms with Gasteiger partial charge in [-0.15, -0.1) is 5.10 Å². The first-order valence-corrected chi connectivity index (χ1v) is 8.96. The van der Waals surface area contributed by atoms with Gasteiger partial charge in [0.25, 0.3) is 0 Å². The average molecular weight is 352 g/mol. The number of rotatable bonds is 3. The molecule has 0 saturated heterocycles. The van der Waals surface area contributed by atoms with E-state index >= 15 is 0 Å². The Morgan fingerprint density at radius 3 is 2.77 bits per heavy atom. The summed E-state index contributed by atoms with van der Waals surface area (Å²) in [4.78, 5) is 4.45. The summed E-state index contributed by atoms with van der Waals surface area (Å²) in [6.45, 7) is 0.258. The summed E-state index contributed by atoms with van der Waals surface area (Å²) in [6, 6.07) is 10.1. The van der Waals surface area contributed by atoms with Crippen molar-refractivity contribution in [2.75, 3.05) is 12.1 Å². The fraction of sp³-hybridized carbons (Fsp3) is 0.368. The maximum absolute atomic E-state index is 9.66. The first-order valence-electron chi connectivity index (χ1n) is 8.96. The minimum Gasteiger partial charge on any atom is -0.454 e. The first-order chi connectivity index (χ1) is 12.8. The number of hydrogen-bond acceptors (Lipinski definition) is 6. The van der Waals surface area contributed by atoms with E-state index in [9.17, 15) is 5.11 Å². The Labute approximate surface area is 150 Å². The number of nitrogens with zero attached hydrogens (tertiary/aromatic N) is 3. The third-order valence-electron chi connectivity index (χ3n) is 5.08. The number of anilines is 1. The molecule has 134 valence electrons. The normalized spacial score (nSPS) is 21.9. The zero-order valence-electron chi connectivity index (χ0n) is 14.3. The van der Waals surface area contributed by atoms with Gasteiger partial charge in [0.05, 0.1) is 18.0 Å². The summed E-state index contributed by atoms with van der Waals surface area (Å²) in [5, 5.41) is 17.9. The van der Waals surface area contributed by atoms with Crippen LogP contribution in [0, 0.1) is 0 Å². The molecule has 3 aromatic rings. The summed E-state index contributed by atoms with van der Waals surface area (Å²) in [6.07, 6.45) is 5.26. The van der Waals surface area contributed by atoms with Crippen molar-refractivity contribution in [1.82, 2.24) is 14.6 Å². The highest BCUT2D eigenvalue weighted by Gasteiger charge is 2.20. The van der Waals surface area contributed by atoms with Crippen LogP contribution in [-0.2, 0) is 0 Å². The van der Waals surface area contributed by atoms with E-state index in [-0.39, 0.29) is 12.9 Å². The Bertz CT molecular complexity index is 947. The lowest BCUT2D eigenvalue weighted by molar-refractivity contribution is 0.126. The van der Waals surface area contributed by atoms with Crippen molar-refractivity contribution in [2.24, 2.45) is 0 Å². The number of aliphatic hydroxyl groups excluding tert-OH is 1. The van der Waals surface area contributed by atoms with Crippen molar-refractivity contribution < 1.29 is 14.6 Å². The number of imidazole rings is 1. The second-order valence-corrected chi connectivity index (χ2v) is 6.85. The van der Waals surface area contributed by atoms with Gasteiger partial charge in [-0.3, -0.25) is 0 Å². The van der Waals surface area contributed by atoms with Gasteiger partial charge < -0.3 is 19.9 Å². The number of nitrogens with one attached hydrogen (secondary N) is 1. The molecule has 2 N–H and O–H groups in total. The number of aromatic nitrogens is 3. The molecular weight excluding hydrogens is 332 g/mol. The van der Waals surface area contributed by atoms with Gasteiger partial charge in [0.2, 0.25) is 6.79 Å². The molecule has 1 aliphatic carbocycles. The van der Waals surface area contributed by atoms with Gasteiger partial charge in [-0.1, -0.05) is 0 Å². The van der Waals surface area contributed by atoms with Crippen molar-refractivity contribution in [3.8, 4) is 22.8 Å². The third-order valence-corrected chi connectivity index (χ3v) is 5.08. The standard InChI is InChI=1S/C19H20N4O3/c24-14-4-2-13(3-5-14)21-18-7-8-19-20-10-15(23(19)22-18)12-1-6-16-17(9-12)26-11-25-16/h1,6-10,13-14,24H,2-5,11H2,(H,21,22)/t13-,14-. The van der Waals surface area contributed by atoms with E-state index in [1.54, 1.807) is 0 Å². The maximum atomic E-state index is 9.66. The van der Waals surface area contributed by atoms with E-state index < -0.39 is 0 Å². The van der Waals surface area contributed by atoms with E-state index in [0.29, 0.717) is 6.04 Å². The van der Waals surface area contributed by atoms with Crippen LogP contribution in [0.5, 0.6) is 11.5 Å². The molecule has 7 heteroatoms. The van der Waals surface area contributed by atoms with Crippen LogP contribution in [0.3, 0.4) is 0 Å². The molecular formula is C19H20N4O3. The van der Waals surface area contributed by atoms with Gasteiger partial charge in [0.15, 0.2) is 17.1 Å². The molecule has 1 fully saturated rings. The molecule has 0 radical (unpaired) electrons. The highest BCUT2D eigenvalue weighted by molar-refractivity contribution is 5.67. The number of fused-ring (bicyclic) bond motifs is 2. The highest BCUT2D eigenvalue weighted by Crippen LogP contribution is 2.36. The molecule has 7 nitrogen and oxygen atoms in total. The van der Waals surface area contributed by atoms with Crippen molar-refractivity contribution in [2.45, 2.75) is 37.8 Å². The van der Waals surface area contributed by atoms with Crippen LogP contribution in [-0.4, -0.2) is 38.6 Å². The Morgan fingerprint density at radius 1 is 1.04 bits per heavy atom. The molecule has 5 rings (SSSR count). The number of hydrogen-bond donors (Lipinski definition) is 2. The topological polar surface area (TPSA) is 80.9 Å².